The van der Waals surface area contributed by atoms with E-state index < -0.39 is 10.1 Å². The van der Waals surface area contributed by atoms with Crippen LogP contribution in [0.4, 0.5) is 0 Å². The zero-order valence-electron chi connectivity index (χ0n) is 11.5. The lowest BCUT2D eigenvalue weighted by atomic mass is 10.3. The number of ether oxygens (including phenoxy) is 3. The molecular formula is C13H18O6S2. The maximum Gasteiger partial charge on any atom is 0.264 e. The molecule has 2 heterocycles. The van der Waals surface area contributed by atoms with Crippen molar-refractivity contribution < 1.29 is 27.2 Å². The van der Waals surface area contributed by atoms with Crippen molar-refractivity contribution in [3.8, 4) is 11.5 Å². The molecule has 118 valence electrons. The van der Waals surface area contributed by atoms with E-state index in [9.17, 15) is 8.42 Å². The molecule has 0 radical (unpaired) electrons. The number of hydrogen-bond donors (Lipinski definition) is 1. The molecule has 1 aromatic rings. The van der Waals surface area contributed by atoms with E-state index in [2.05, 4.69) is 13.2 Å². The van der Waals surface area contributed by atoms with E-state index >= 15 is 0 Å². The van der Waals surface area contributed by atoms with Crippen molar-refractivity contribution in [1.29, 1.82) is 0 Å². The molecule has 0 spiro atoms. The Hall–Kier alpha value is -1.09. The van der Waals surface area contributed by atoms with Crippen LogP contribution >= 0.6 is 11.3 Å². The second kappa shape index (κ2) is 6.78. The zero-order valence-corrected chi connectivity index (χ0v) is 13.2. The molecule has 6 nitrogen and oxygen atoms in total. The molecule has 1 aliphatic rings. The molecular weight excluding hydrogens is 316 g/mol. The summed E-state index contributed by atoms with van der Waals surface area (Å²) in [5, 5.41) is 0. The first kappa shape index (κ1) is 16.3. The molecule has 1 aliphatic heterocycles. The van der Waals surface area contributed by atoms with E-state index in [1.807, 2.05) is 0 Å². The molecule has 1 atom stereocenters. The van der Waals surface area contributed by atoms with Gasteiger partial charge in [0.25, 0.3) is 10.1 Å². The van der Waals surface area contributed by atoms with Crippen LogP contribution in [0, 0.1) is 0 Å². The van der Waals surface area contributed by atoms with Gasteiger partial charge in [-0.3, -0.25) is 4.55 Å². The summed E-state index contributed by atoms with van der Waals surface area (Å²) in [5.74, 6) is 1.06. The van der Waals surface area contributed by atoms with Crippen molar-refractivity contribution in [1.82, 2.24) is 0 Å². The minimum Gasteiger partial charge on any atom is -0.484 e. The Morgan fingerprint density at radius 3 is 2.71 bits per heavy atom. The molecule has 1 N–H and O–H groups in total. The van der Waals surface area contributed by atoms with Gasteiger partial charge >= 0.3 is 0 Å². The quantitative estimate of drug-likeness (QED) is 0.574. The minimum atomic E-state index is -3.88. The number of thiophene rings is 1. The monoisotopic (exact) mass is 334 g/mol. The van der Waals surface area contributed by atoms with E-state index in [1.54, 1.807) is 0 Å². The molecule has 0 aromatic carbocycles. The Morgan fingerprint density at radius 2 is 2.00 bits per heavy atom. The summed E-state index contributed by atoms with van der Waals surface area (Å²) < 4.78 is 48.0. The highest BCUT2D eigenvalue weighted by Gasteiger charge is 2.23. The molecule has 21 heavy (non-hydrogen) atoms. The van der Waals surface area contributed by atoms with Gasteiger partial charge in [0.1, 0.15) is 6.61 Å². The molecule has 1 aromatic heterocycles. The Labute approximate surface area is 127 Å². The van der Waals surface area contributed by atoms with Crippen LogP contribution in [0.3, 0.4) is 0 Å². The average molecular weight is 334 g/mol. The third-order valence-corrected chi connectivity index (χ3v) is 4.57. The molecule has 8 heteroatoms. The highest BCUT2D eigenvalue weighted by molar-refractivity contribution is 7.85. The Morgan fingerprint density at radius 1 is 1.29 bits per heavy atom. The smallest absolute Gasteiger partial charge is 0.264 e. The van der Waals surface area contributed by atoms with Crippen LogP contribution in [0.1, 0.15) is 12.8 Å². The maximum atomic E-state index is 10.5. The van der Waals surface area contributed by atoms with Crippen LogP contribution in [0.2, 0.25) is 0 Å². The lowest BCUT2D eigenvalue weighted by Crippen LogP contribution is -2.35. The first-order valence-electron chi connectivity index (χ1n) is 6.50. The lowest BCUT2D eigenvalue weighted by molar-refractivity contribution is 0.00792. The number of fused-ring (bicyclic) bond motifs is 1. The zero-order chi connectivity index (χ0) is 15.5. The van der Waals surface area contributed by atoms with Gasteiger partial charge in [0.2, 0.25) is 0 Å². The van der Waals surface area contributed by atoms with E-state index in [-0.39, 0.29) is 11.9 Å². The molecule has 0 aliphatic carbocycles. The van der Waals surface area contributed by atoms with Crippen LogP contribution in [0.25, 0.3) is 13.2 Å². The second-order valence-electron chi connectivity index (χ2n) is 4.73. The van der Waals surface area contributed by atoms with Gasteiger partial charge in [0.05, 0.1) is 21.4 Å². The Bertz CT molecular complexity index is 678. The van der Waals surface area contributed by atoms with Crippen molar-refractivity contribution in [2.45, 2.75) is 18.9 Å². The van der Waals surface area contributed by atoms with Crippen molar-refractivity contribution in [2.75, 3.05) is 25.6 Å². The van der Waals surface area contributed by atoms with Crippen molar-refractivity contribution in [3.63, 3.8) is 0 Å². The Balaban J connectivity index is 1.70. The van der Waals surface area contributed by atoms with Crippen molar-refractivity contribution >= 4 is 34.6 Å². The molecule has 0 saturated heterocycles. The molecule has 0 fully saturated rings. The van der Waals surface area contributed by atoms with E-state index in [0.717, 1.165) is 9.06 Å². The highest BCUT2D eigenvalue weighted by Crippen LogP contribution is 2.26. The molecule has 0 amide bonds. The standard InChI is InChI=1S/C13H18O6S2/c1-9-12-13(10(2)20-9)19-11(8-18-12)7-17-5-3-4-6-21(14,15)16/h11H,1-8H2,(H,14,15,16). The molecule has 0 bridgehead atoms. The number of rotatable bonds is 7. The largest absolute Gasteiger partial charge is 0.484 e. The van der Waals surface area contributed by atoms with E-state index in [1.165, 1.54) is 11.3 Å². The van der Waals surface area contributed by atoms with Crippen molar-refractivity contribution in [2.24, 2.45) is 0 Å². The third-order valence-electron chi connectivity index (χ3n) is 2.90. The fraction of sp³-hybridized carbons (Fsp3) is 0.538. The van der Waals surface area contributed by atoms with Gasteiger partial charge in [-0.05, 0) is 12.8 Å². The summed E-state index contributed by atoms with van der Waals surface area (Å²) in [6, 6.07) is 0. The topological polar surface area (TPSA) is 82.1 Å². The minimum absolute atomic E-state index is 0.214. The predicted molar refractivity (Wildman–Crippen MR) is 81.0 cm³/mol. The van der Waals surface area contributed by atoms with Crippen molar-refractivity contribution in [3.05, 3.63) is 9.06 Å². The van der Waals surface area contributed by atoms with Crippen LogP contribution < -0.4 is 18.5 Å². The summed E-state index contributed by atoms with van der Waals surface area (Å²) >= 11 is 1.43. The normalized spacial score (nSPS) is 17.9. The van der Waals surface area contributed by atoms with Crippen LogP contribution in [0.15, 0.2) is 0 Å². The SMILES string of the molecule is C=c1sc(=C)c2c1OCC(COCCCCS(=O)(=O)O)O2. The second-order valence-corrected chi connectivity index (χ2v) is 7.49. The van der Waals surface area contributed by atoms with Gasteiger partial charge in [0.15, 0.2) is 17.6 Å². The van der Waals surface area contributed by atoms with Gasteiger partial charge in [-0.1, -0.05) is 13.2 Å². The van der Waals surface area contributed by atoms with Crippen LogP contribution in [-0.2, 0) is 14.9 Å². The van der Waals surface area contributed by atoms with Gasteiger partial charge in [-0.2, -0.15) is 8.42 Å². The van der Waals surface area contributed by atoms with Gasteiger partial charge in [-0.15, -0.1) is 11.3 Å². The molecule has 2 rings (SSSR count). The molecule has 1 unspecified atom stereocenters. The number of unbranched alkanes of at least 4 members (excludes halogenated alkanes) is 1. The first-order chi connectivity index (χ1) is 9.87. The predicted octanol–water partition coefficient (Wildman–Crippen LogP) is 0.393. The van der Waals surface area contributed by atoms with Crippen LogP contribution in [-0.4, -0.2) is 44.6 Å². The molecule has 0 saturated carbocycles. The number of hydrogen-bond acceptors (Lipinski definition) is 6. The van der Waals surface area contributed by atoms with Gasteiger partial charge < -0.3 is 14.2 Å². The van der Waals surface area contributed by atoms with E-state index in [4.69, 9.17) is 18.8 Å². The highest BCUT2D eigenvalue weighted by atomic mass is 32.2. The lowest BCUT2D eigenvalue weighted by Gasteiger charge is -2.24. The van der Waals surface area contributed by atoms with Gasteiger partial charge in [-0.25, -0.2) is 0 Å². The van der Waals surface area contributed by atoms with Crippen LogP contribution in [0.5, 0.6) is 11.5 Å². The average Bonchev–Trinajstić information content (AvgIpc) is 2.68. The third kappa shape index (κ3) is 4.70. The fourth-order valence-corrected chi connectivity index (χ4v) is 3.27. The summed E-state index contributed by atoms with van der Waals surface area (Å²) in [5.41, 5.74) is 0. The fourth-order valence-electron chi connectivity index (χ4n) is 1.92. The summed E-state index contributed by atoms with van der Waals surface area (Å²) in [6.45, 7) is 8.90. The van der Waals surface area contributed by atoms with E-state index in [0.29, 0.717) is 44.2 Å². The summed E-state index contributed by atoms with van der Waals surface area (Å²) in [6.07, 6.45) is 0.706. The summed E-state index contributed by atoms with van der Waals surface area (Å²) in [7, 11) is -3.88. The Kier molecular flexibility index (Phi) is 5.26. The van der Waals surface area contributed by atoms with Gasteiger partial charge in [0, 0.05) is 6.61 Å². The summed E-state index contributed by atoms with van der Waals surface area (Å²) in [4.78, 5) is 0. The first-order valence-corrected chi connectivity index (χ1v) is 8.92. The maximum absolute atomic E-state index is 10.5.